The van der Waals surface area contributed by atoms with Gasteiger partial charge in [0, 0.05) is 25.7 Å². The largest absolute Gasteiger partial charge is 0.355 e. The Hall–Kier alpha value is -2.04. The smallest absolute Gasteiger partial charge is 0.259 e. The number of nitrogens with zero attached hydrogens (tertiary/aromatic N) is 2. The second kappa shape index (κ2) is 16.6. The lowest BCUT2D eigenvalue weighted by Gasteiger charge is -2.35. The molecule has 0 aromatic heterocycles. The highest BCUT2D eigenvalue weighted by Gasteiger charge is 2.26. The molecule has 0 spiro atoms. The molecular formula is C24H39N4O4P. The Balaban J connectivity index is 2.35. The SMILES string of the molecule is CNC(=O)c1ccccc1C(=O)NCCCCCCOP(OCCC#N)N(C(C)C)C(C)C. The quantitative estimate of drug-likeness (QED) is 0.265. The van der Waals surface area contributed by atoms with E-state index in [-0.39, 0.29) is 23.9 Å². The maximum absolute atomic E-state index is 12.4. The van der Waals surface area contributed by atoms with Gasteiger partial charge in [-0.2, -0.15) is 5.26 Å². The molecule has 8 nitrogen and oxygen atoms in total. The van der Waals surface area contributed by atoms with Crippen molar-refractivity contribution in [1.82, 2.24) is 15.3 Å². The maximum Gasteiger partial charge on any atom is 0.259 e. The lowest BCUT2D eigenvalue weighted by Crippen LogP contribution is -2.33. The highest BCUT2D eigenvalue weighted by molar-refractivity contribution is 7.44. The second-order valence-electron chi connectivity index (χ2n) is 8.17. The summed E-state index contributed by atoms with van der Waals surface area (Å²) in [6.07, 6.45) is 4.05. The first-order valence-electron chi connectivity index (χ1n) is 11.6. The zero-order valence-electron chi connectivity index (χ0n) is 20.6. The standard InChI is InChI=1S/C24H39N4O4P/c1-19(2)28(20(3)4)33(32-18-12-15-25)31-17-11-7-6-10-16-27-24(30)22-14-9-8-13-21(22)23(29)26-5/h8-9,13-14,19-20H,6-7,10-12,16-18H2,1-5H3,(H,26,29)(H,27,30). The van der Waals surface area contributed by atoms with Gasteiger partial charge in [-0.25, -0.2) is 4.67 Å². The van der Waals surface area contributed by atoms with Crippen LogP contribution >= 0.6 is 8.53 Å². The Morgan fingerprint density at radius 1 is 0.970 bits per heavy atom. The summed E-state index contributed by atoms with van der Waals surface area (Å²) >= 11 is 0. The first-order chi connectivity index (χ1) is 15.8. The third-order valence-electron chi connectivity index (χ3n) is 4.86. The lowest BCUT2D eigenvalue weighted by atomic mass is 10.1. The van der Waals surface area contributed by atoms with E-state index in [1.165, 1.54) is 0 Å². The normalized spacial score (nSPS) is 12.1. The number of rotatable bonds is 16. The van der Waals surface area contributed by atoms with Gasteiger partial charge in [0.1, 0.15) is 0 Å². The molecule has 0 bridgehead atoms. The Bertz CT molecular complexity index is 759. The predicted octanol–water partition coefficient (Wildman–Crippen LogP) is 4.63. The number of carbonyl (C=O) groups is 2. The van der Waals surface area contributed by atoms with Crippen molar-refractivity contribution in [1.29, 1.82) is 5.26 Å². The van der Waals surface area contributed by atoms with Gasteiger partial charge in [0.05, 0.1) is 36.8 Å². The fourth-order valence-corrected chi connectivity index (χ4v) is 4.98. The zero-order valence-corrected chi connectivity index (χ0v) is 21.5. The number of nitriles is 1. The molecule has 1 unspecified atom stereocenters. The van der Waals surface area contributed by atoms with Crippen LogP contribution in [0.1, 0.15) is 80.5 Å². The van der Waals surface area contributed by atoms with Gasteiger partial charge in [-0.1, -0.05) is 25.0 Å². The Kier molecular flexibility index (Phi) is 14.5. The Morgan fingerprint density at radius 2 is 1.55 bits per heavy atom. The van der Waals surface area contributed by atoms with E-state index in [1.807, 2.05) is 0 Å². The Morgan fingerprint density at radius 3 is 2.12 bits per heavy atom. The molecule has 1 aromatic rings. The predicted molar refractivity (Wildman–Crippen MR) is 132 cm³/mol. The third-order valence-corrected chi connectivity index (χ3v) is 6.97. The fourth-order valence-electron chi connectivity index (χ4n) is 3.35. The summed E-state index contributed by atoms with van der Waals surface area (Å²) in [5.74, 6) is -0.508. The number of nitrogens with one attached hydrogen (secondary N) is 2. The van der Waals surface area contributed by atoms with E-state index in [0.29, 0.717) is 37.3 Å². The highest BCUT2D eigenvalue weighted by Crippen LogP contribution is 2.46. The number of unbranched alkanes of at least 4 members (excludes halogenated alkanes) is 3. The molecule has 0 saturated heterocycles. The molecule has 33 heavy (non-hydrogen) atoms. The van der Waals surface area contributed by atoms with Crippen LogP contribution in [0.4, 0.5) is 0 Å². The Labute approximate surface area is 200 Å². The van der Waals surface area contributed by atoms with Crippen LogP contribution < -0.4 is 10.6 Å². The second-order valence-corrected chi connectivity index (χ2v) is 9.63. The van der Waals surface area contributed by atoms with E-state index in [1.54, 1.807) is 31.3 Å². The summed E-state index contributed by atoms with van der Waals surface area (Å²) in [6, 6.07) is 9.48. The van der Waals surface area contributed by atoms with Gasteiger partial charge < -0.3 is 19.7 Å². The zero-order chi connectivity index (χ0) is 24.6. The first kappa shape index (κ1) is 29.0. The van der Waals surface area contributed by atoms with Crippen LogP contribution in [0.15, 0.2) is 24.3 Å². The molecule has 0 aliphatic carbocycles. The van der Waals surface area contributed by atoms with Gasteiger partial charge in [-0.3, -0.25) is 9.59 Å². The van der Waals surface area contributed by atoms with Crippen molar-refractivity contribution in [3.8, 4) is 6.07 Å². The molecule has 2 amide bonds. The molecule has 0 heterocycles. The molecule has 9 heteroatoms. The van der Waals surface area contributed by atoms with E-state index in [2.05, 4.69) is 49.1 Å². The van der Waals surface area contributed by atoms with Gasteiger partial charge in [-0.05, 0) is 52.7 Å². The molecule has 184 valence electrons. The van der Waals surface area contributed by atoms with Crippen molar-refractivity contribution >= 4 is 20.3 Å². The molecule has 0 radical (unpaired) electrons. The number of hydrogen-bond acceptors (Lipinski definition) is 6. The fraction of sp³-hybridized carbons (Fsp3) is 0.625. The van der Waals surface area contributed by atoms with Crippen molar-refractivity contribution < 1.29 is 18.6 Å². The van der Waals surface area contributed by atoms with Gasteiger partial charge in [0.15, 0.2) is 0 Å². The van der Waals surface area contributed by atoms with Gasteiger partial charge >= 0.3 is 0 Å². The van der Waals surface area contributed by atoms with E-state index in [0.717, 1.165) is 25.7 Å². The van der Waals surface area contributed by atoms with Crippen molar-refractivity contribution in [2.75, 3.05) is 26.8 Å². The van der Waals surface area contributed by atoms with Gasteiger partial charge in [0.25, 0.3) is 20.3 Å². The third kappa shape index (κ3) is 10.6. The van der Waals surface area contributed by atoms with Crippen LogP contribution in [0.5, 0.6) is 0 Å². The maximum atomic E-state index is 12.4. The summed E-state index contributed by atoms with van der Waals surface area (Å²) in [4.78, 5) is 24.4. The molecule has 1 rings (SSSR count). The average molecular weight is 479 g/mol. The minimum absolute atomic E-state index is 0.236. The lowest BCUT2D eigenvalue weighted by molar-refractivity contribution is 0.0923. The van der Waals surface area contributed by atoms with E-state index in [9.17, 15) is 9.59 Å². The molecule has 0 aliphatic rings. The molecule has 2 N–H and O–H groups in total. The number of carbonyl (C=O) groups excluding carboxylic acids is 2. The minimum Gasteiger partial charge on any atom is -0.355 e. The number of hydrogen-bond donors (Lipinski definition) is 2. The summed E-state index contributed by atoms with van der Waals surface area (Å²) in [5, 5.41) is 14.2. The minimum atomic E-state index is -1.19. The summed E-state index contributed by atoms with van der Waals surface area (Å²) in [5.41, 5.74) is 0.759. The van der Waals surface area contributed by atoms with Crippen LogP contribution in [0.3, 0.4) is 0 Å². The summed E-state index contributed by atoms with van der Waals surface area (Å²) in [7, 11) is 0.353. The van der Waals surface area contributed by atoms with Crippen LogP contribution in [0.25, 0.3) is 0 Å². The monoisotopic (exact) mass is 478 g/mol. The molecular weight excluding hydrogens is 439 g/mol. The topological polar surface area (TPSA) is 104 Å². The first-order valence-corrected chi connectivity index (χ1v) is 12.8. The van der Waals surface area contributed by atoms with Crippen LogP contribution in [0.2, 0.25) is 0 Å². The van der Waals surface area contributed by atoms with E-state index in [4.69, 9.17) is 14.3 Å². The number of amides is 2. The van der Waals surface area contributed by atoms with Gasteiger partial charge in [0.2, 0.25) is 0 Å². The van der Waals surface area contributed by atoms with Crippen molar-refractivity contribution in [3.05, 3.63) is 35.4 Å². The number of benzene rings is 1. The summed E-state index contributed by atoms with van der Waals surface area (Å²) in [6.45, 7) is 10.0. The van der Waals surface area contributed by atoms with E-state index < -0.39 is 8.53 Å². The highest BCUT2D eigenvalue weighted by atomic mass is 31.2. The van der Waals surface area contributed by atoms with Crippen molar-refractivity contribution in [3.63, 3.8) is 0 Å². The van der Waals surface area contributed by atoms with Crippen molar-refractivity contribution in [2.45, 2.75) is 71.9 Å². The average Bonchev–Trinajstić information content (AvgIpc) is 2.79. The molecule has 0 saturated carbocycles. The van der Waals surface area contributed by atoms with Crippen molar-refractivity contribution in [2.24, 2.45) is 0 Å². The van der Waals surface area contributed by atoms with Crippen LogP contribution in [-0.4, -0.2) is 55.4 Å². The summed E-state index contributed by atoms with van der Waals surface area (Å²) < 4.78 is 14.2. The van der Waals surface area contributed by atoms with Crippen LogP contribution in [-0.2, 0) is 9.05 Å². The molecule has 1 aromatic carbocycles. The molecule has 1 atom stereocenters. The molecule has 0 aliphatic heterocycles. The van der Waals surface area contributed by atoms with Crippen LogP contribution in [0, 0.1) is 11.3 Å². The molecule has 0 fully saturated rings. The van der Waals surface area contributed by atoms with Gasteiger partial charge in [-0.15, -0.1) is 0 Å². The van der Waals surface area contributed by atoms with E-state index >= 15 is 0 Å².